The summed E-state index contributed by atoms with van der Waals surface area (Å²) in [6.07, 6.45) is -6.94. The summed E-state index contributed by atoms with van der Waals surface area (Å²) < 4.78 is 113. The molecule has 12 heteroatoms. The Morgan fingerprint density at radius 3 is 1.07 bits per heavy atom. The summed E-state index contributed by atoms with van der Waals surface area (Å²) in [7, 11) is -7.01. The Kier molecular flexibility index (Phi) is 6.13. The molecule has 27 heavy (non-hydrogen) atoms. The molecule has 4 nitrogen and oxygen atoms in total. The Labute approximate surface area is 152 Å². The molecule has 0 aromatic heterocycles. The summed E-state index contributed by atoms with van der Waals surface area (Å²) in [5.41, 5.74) is -3.65. The van der Waals surface area contributed by atoms with Crippen LogP contribution in [0.5, 0.6) is 0 Å². The summed E-state index contributed by atoms with van der Waals surface area (Å²) in [6, 6.07) is 0. The molecule has 0 aliphatic carbocycles. The van der Waals surface area contributed by atoms with Gasteiger partial charge < -0.3 is 0 Å². The molecule has 0 aromatic carbocycles. The van der Waals surface area contributed by atoms with Crippen molar-refractivity contribution in [2.75, 3.05) is 0 Å². The first-order valence-corrected chi connectivity index (χ1v) is 8.96. The van der Waals surface area contributed by atoms with Gasteiger partial charge in [0, 0.05) is 10.8 Å². The Bertz CT molecular complexity index is 697. The molecule has 0 radical (unpaired) electrons. The average molecular weight is 430 g/mol. The molecular formula is C15H21F7O4S. The summed E-state index contributed by atoms with van der Waals surface area (Å²) >= 11 is 0. The molecule has 0 unspecified atom stereocenters. The van der Waals surface area contributed by atoms with Crippen molar-refractivity contribution in [3.63, 3.8) is 0 Å². The van der Waals surface area contributed by atoms with Crippen molar-refractivity contribution in [3.05, 3.63) is 0 Å². The lowest BCUT2D eigenvalue weighted by molar-refractivity contribution is -0.332. The average Bonchev–Trinajstić information content (AvgIpc) is 2.40. The van der Waals surface area contributed by atoms with Crippen molar-refractivity contribution in [1.29, 1.82) is 0 Å². The van der Waals surface area contributed by atoms with Gasteiger partial charge in [-0.2, -0.15) is 30.7 Å². The lowest BCUT2D eigenvalue weighted by Gasteiger charge is -2.39. The maximum absolute atomic E-state index is 14.1. The van der Waals surface area contributed by atoms with E-state index in [-0.39, 0.29) is 6.92 Å². The van der Waals surface area contributed by atoms with Crippen LogP contribution < -0.4 is 0 Å². The van der Waals surface area contributed by atoms with E-state index in [4.69, 9.17) is 0 Å². The van der Waals surface area contributed by atoms with E-state index in [1.807, 2.05) is 0 Å². The van der Waals surface area contributed by atoms with Gasteiger partial charge in [-0.05, 0) is 6.92 Å². The minimum atomic E-state index is -7.03. The zero-order valence-electron chi connectivity index (χ0n) is 15.7. The van der Waals surface area contributed by atoms with Crippen LogP contribution in [-0.4, -0.2) is 42.1 Å². The Morgan fingerprint density at radius 2 is 0.889 bits per heavy atom. The Balaban J connectivity index is 7.15. The molecule has 0 saturated heterocycles. The van der Waals surface area contributed by atoms with Gasteiger partial charge in [-0.25, -0.2) is 8.42 Å². The van der Waals surface area contributed by atoms with E-state index in [1.165, 1.54) is 0 Å². The molecule has 0 heterocycles. The third-order valence-electron chi connectivity index (χ3n) is 3.83. The molecule has 0 aromatic rings. The standard InChI is InChI=1S/C15H21F7O4S/c1-10(2,3)8(23)12(7,9(24)11(4,5)6)27(25,26)15(21,22)13(16,17)14(18,19)20/h1-7H3. The van der Waals surface area contributed by atoms with Gasteiger partial charge in [0.2, 0.25) is 9.84 Å². The van der Waals surface area contributed by atoms with Crippen molar-refractivity contribution in [2.24, 2.45) is 10.8 Å². The fraction of sp³-hybridized carbons (Fsp3) is 0.867. The first kappa shape index (κ1) is 25.8. The molecule has 0 saturated carbocycles. The molecule has 0 bridgehead atoms. The maximum Gasteiger partial charge on any atom is 0.461 e. The van der Waals surface area contributed by atoms with E-state index in [0.717, 1.165) is 41.5 Å². The van der Waals surface area contributed by atoms with Gasteiger partial charge >= 0.3 is 17.4 Å². The van der Waals surface area contributed by atoms with Gasteiger partial charge in [0.1, 0.15) is 0 Å². The largest absolute Gasteiger partial charge is 0.461 e. The van der Waals surface area contributed by atoms with E-state index in [1.54, 1.807) is 0 Å². The highest BCUT2D eigenvalue weighted by molar-refractivity contribution is 7.95. The van der Waals surface area contributed by atoms with Crippen molar-refractivity contribution in [2.45, 2.75) is 70.6 Å². The number of rotatable bonds is 5. The predicted molar refractivity (Wildman–Crippen MR) is 82.2 cm³/mol. The van der Waals surface area contributed by atoms with Gasteiger partial charge in [-0.3, -0.25) is 9.59 Å². The molecule has 160 valence electrons. The van der Waals surface area contributed by atoms with Crippen LogP contribution in [0, 0.1) is 10.8 Å². The molecule has 0 rings (SSSR count). The smallest absolute Gasteiger partial charge is 0.297 e. The van der Waals surface area contributed by atoms with E-state index in [9.17, 15) is 48.7 Å². The second-order valence-electron chi connectivity index (χ2n) is 8.28. The summed E-state index contributed by atoms with van der Waals surface area (Å²) in [5, 5.41) is -6.77. The topological polar surface area (TPSA) is 68.3 Å². The first-order chi connectivity index (χ1) is 11.3. The predicted octanol–water partition coefficient (Wildman–Crippen LogP) is 4.18. The summed E-state index contributed by atoms with van der Waals surface area (Å²) in [5.74, 6) is -10.5. The number of carbonyl (C=O) groups excluding carboxylic acids is 2. The molecule has 0 atom stereocenters. The summed E-state index contributed by atoms with van der Waals surface area (Å²) in [4.78, 5) is 25.2. The lowest BCUT2D eigenvalue weighted by atomic mass is 9.75. The highest BCUT2D eigenvalue weighted by Crippen LogP contribution is 2.53. The van der Waals surface area contributed by atoms with Crippen LogP contribution in [0.4, 0.5) is 30.7 Å². The highest BCUT2D eigenvalue weighted by Gasteiger charge is 2.82. The number of hydrogen-bond donors (Lipinski definition) is 0. The Hall–Kier alpha value is -1.20. The van der Waals surface area contributed by atoms with Crippen molar-refractivity contribution in [1.82, 2.24) is 0 Å². The van der Waals surface area contributed by atoms with Crippen LogP contribution >= 0.6 is 0 Å². The number of alkyl halides is 7. The normalized spacial score (nSPS) is 15.6. The van der Waals surface area contributed by atoms with Crippen LogP contribution in [0.15, 0.2) is 0 Å². The van der Waals surface area contributed by atoms with E-state index < -0.39 is 54.3 Å². The van der Waals surface area contributed by atoms with Gasteiger partial charge in [0.05, 0.1) is 0 Å². The van der Waals surface area contributed by atoms with Crippen LogP contribution in [0.1, 0.15) is 48.5 Å². The number of Topliss-reactive ketones (excluding diaryl/α,β-unsaturated/α-hetero) is 2. The van der Waals surface area contributed by atoms with E-state index >= 15 is 0 Å². The fourth-order valence-corrected chi connectivity index (χ4v) is 4.43. The summed E-state index contributed by atoms with van der Waals surface area (Å²) in [6.45, 7) is 6.22. The van der Waals surface area contributed by atoms with E-state index in [2.05, 4.69) is 0 Å². The lowest BCUT2D eigenvalue weighted by Crippen LogP contribution is -2.67. The second-order valence-corrected chi connectivity index (χ2v) is 10.6. The van der Waals surface area contributed by atoms with Crippen LogP contribution in [0.25, 0.3) is 0 Å². The van der Waals surface area contributed by atoms with Crippen LogP contribution in [0.2, 0.25) is 0 Å². The molecule has 0 amide bonds. The third-order valence-corrected chi connectivity index (χ3v) is 6.20. The molecular weight excluding hydrogens is 409 g/mol. The third kappa shape index (κ3) is 3.73. The zero-order valence-corrected chi connectivity index (χ0v) is 16.5. The quantitative estimate of drug-likeness (QED) is 0.485. The van der Waals surface area contributed by atoms with Gasteiger partial charge in [-0.1, -0.05) is 41.5 Å². The zero-order chi connectivity index (χ0) is 22.7. The Morgan fingerprint density at radius 1 is 0.630 bits per heavy atom. The van der Waals surface area contributed by atoms with Crippen molar-refractivity contribution in [3.8, 4) is 0 Å². The second kappa shape index (κ2) is 6.41. The number of hydrogen-bond acceptors (Lipinski definition) is 4. The van der Waals surface area contributed by atoms with Gasteiger partial charge in [-0.15, -0.1) is 0 Å². The van der Waals surface area contributed by atoms with Crippen molar-refractivity contribution < 1.29 is 48.7 Å². The number of carbonyl (C=O) groups is 2. The monoisotopic (exact) mass is 430 g/mol. The molecule has 0 fully saturated rings. The molecule has 0 aliphatic rings. The molecule has 0 spiro atoms. The van der Waals surface area contributed by atoms with Gasteiger partial charge in [0.15, 0.2) is 16.3 Å². The van der Waals surface area contributed by atoms with E-state index in [0.29, 0.717) is 0 Å². The minimum Gasteiger partial charge on any atom is -0.297 e. The van der Waals surface area contributed by atoms with Gasteiger partial charge in [0.25, 0.3) is 0 Å². The van der Waals surface area contributed by atoms with Crippen LogP contribution in [0.3, 0.4) is 0 Å². The molecule has 0 N–H and O–H groups in total. The van der Waals surface area contributed by atoms with Crippen LogP contribution in [-0.2, 0) is 19.4 Å². The number of halogens is 7. The fourth-order valence-electron chi connectivity index (χ4n) is 2.37. The molecule has 0 aliphatic heterocycles. The number of sulfone groups is 1. The number of ketones is 2. The maximum atomic E-state index is 14.1. The minimum absolute atomic E-state index is 0.143. The van der Waals surface area contributed by atoms with Crippen molar-refractivity contribution >= 4 is 21.4 Å². The first-order valence-electron chi connectivity index (χ1n) is 7.47. The highest BCUT2D eigenvalue weighted by atomic mass is 32.2. The SMILES string of the molecule is CC(C)(C)C(=O)C(C)(C(=O)C(C)(C)C)S(=O)(=O)C(F)(F)C(F)(F)C(F)(F)F.